The molecule has 0 aromatic carbocycles. The molecule has 0 aliphatic heterocycles. The van der Waals surface area contributed by atoms with Gasteiger partial charge in [-0.1, -0.05) is 90.4 Å². The second-order valence-corrected chi connectivity index (χ2v) is 12.4. The first-order valence-corrected chi connectivity index (χ1v) is 17.6. The number of nitrogens with one attached hydrogen (secondary N) is 1. The molecule has 11 nitrogen and oxygen atoms in total. The van der Waals surface area contributed by atoms with Gasteiger partial charge in [-0.25, -0.2) is 4.98 Å². The van der Waals surface area contributed by atoms with Crippen LogP contribution in [0, 0.1) is 0 Å². The third-order valence-corrected chi connectivity index (χ3v) is 7.76. The fourth-order valence-corrected chi connectivity index (χ4v) is 5.24. The maximum atomic E-state index is 12.6. The largest absolute Gasteiger partial charge is 0.381 e. The molecule has 0 amide bonds. The summed E-state index contributed by atoms with van der Waals surface area (Å²) < 4.78 is 23.5. The first-order valence-electron chi connectivity index (χ1n) is 15.8. The highest BCUT2D eigenvalue weighted by atomic mass is 31.2. The minimum absolute atomic E-state index is 0.0640. The lowest BCUT2D eigenvalue weighted by molar-refractivity contribution is 0.128. The van der Waals surface area contributed by atoms with Crippen LogP contribution in [0.2, 0.25) is 0 Å². The molecule has 41 heavy (non-hydrogen) atoms. The molecule has 0 aliphatic carbocycles. The molecule has 0 saturated heterocycles. The van der Waals surface area contributed by atoms with Crippen molar-refractivity contribution in [3.8, 4) is 0 Å². The lowest BCUT2D eigenvalue weighted by atomic mass is 10.0. The molecule has 2 heterocycles. The van der Waals surface area contributed by atoms with Gasteiger partial charge in [0.1, 0.15) is 6.35 Å². The van der Waals surface area contributed by atoms with Gasteiger partial charge in [0.25, 0.3) is 5.56 Å². The molecular weight excluding hydrogens is 545 g/mol. The number of aromatic amines is 1. The molecule has 0 radical (unpaired) electrons. The first-order chi connectivity index (χ1) is 19.9. The van der Waals surface area contributed by atoms with E-state index in [1.165, 1.54) is 89.8 Å². The van der Waals surface area contributed by atoms with Crippen molar-refractivity contribution in [2.45, 2.75) is 117 Å². The van der Waals surface area contributed by atoms with E-state index in [0.717, 1.165) is 19.4 Å². The Hall–Kier alpha value is -1.78. The molecule has 3 N–H and O–H groups in total. The van der Waals surface area contributed by atoms with Gasteiger partial charge in [0.15, 0.2) is 11.2 Å². The molecule has 0 fully saturated rings. The normalized spacial score (nSPS) is 12.0. The van der Waals surface area contributed by atoms with E-state index in [1.54, 1.807) is 4.57 Å². The van der Waals surface area contributed by atoms with Crippen molar-refractivity contribution in [3.05, 3.63) is 16.7 Å². The Morgan fingerprint density at radius 3 is 2.02 bits per heavy atom. The molecule has 2 rings (SSSR count). The molecule has 0 spiro atoms. The summed E-state index contributed by atoms with van der Waals surface area (Å²) in [5, 5.41) is 0. The molecule has 0 bridgehead atoms. The summed E-state index contributed by atoms with van der Waals surface area (Å²) in [6, 6.07) is 0. The van der Waals surface area contributed by atoms with Gasteiger partial charge in [-0.15, -0.1) is 0 Å². The summed E-state index contributed by atoms with van der Waals surface area (Å²) in [4.78, 5) is 44.0. The molecule has 236 valence electrons. The van der Waals surface area contributed by atoms with E-state index in [4.69, 9.17) is 19.3 Å². The summed E-state index contributed by atoms with van der Waals surface area (Å²) in [5.41, 5.74) is 0.305. The van der Waals surface area contributed by atoms with E-state index < -0.39 is 13.9 Å². The molecule has 0 atom stereocenters. The third kappa shape index (κ3) is 15.3. The number of H-pyrrole nitrogens is 1. The second kappa shape index (κ2) is 21.0. The zero-order chi connectivity index (χ0) is 29.8. The van der Waals surface area contributed by atoms with Gasteiger partial charge in [-0.3, -0.25) is 14.3 Å². The fourth-order valence-electron chi connectivity index (χ4n) is 4.87. The molecule has 2 aromatic rings. The van der Waals surface area contributed by atoms with Crippen LogP contribution in [-0.2, 0) is 20.6 Å². The van der Waals surface area contributed by atoms with Crippen LogP contribution in [0.25, 0.3) is 11.2 Å². The average Bonchev–Trinajstić information content (AvgIpc) is 3.35. The number of rotatable bonds is 26. The Balaban J connectivity index is 1.57. The van der Waals surface area contributed by atoms with Crippen LogP contribution >= 0.6 is 7.60 Å². The Morgan fingerprint density at radius 1 is 0.854 bits per heavy atom. The molecule has 0 saturated carbocycles. The number of nitrogens with zero attached hydrogens (tertiary/aromatic N) is 4. The third-order valence-electron chi connectivity index (χ3n) is 7.24. The predicted molar refractivity (Wildman–Crippen MR) is 165 cm³/mol. The summed E-state index contributed by atoms with van der Waals surface area (Å²) in [5.74, 6) is 0.467. The summed E-state index contributed by atoms with van der Waals surface area (Å²) >= 11 is 0. The van der Waals surface area contributed by atoms with Crippen LogP contribution in [0.5, 0.6) is 0 Å². The summed E-state index contributed by atoms with van der Waals surface area (Å²) in [6.07, 6.45) is 20.5. The molecule has 12 heteroatoms. The van der Waals surface area contributed by atoms with Crippen LogP contribution in [0.3, 0.4) is 0 Å². The number of ether oxygens (including phenoxy) is 2. The van der Waals surface area contributed by atoms with E-state index in [-0.39, 0.29) is 24.2 Å². The minimum atomic E-state index is -4.22. The van der Waals surface area contributed by atoms with Crippen molar-refractivity contribution < 1.29 is 23.8 Å². The van der Waals surface area contributed by atoms with Crippen molar-refractivity contribution in [2.75, 3.05) is 44.2 Å². The number of aromatic nitrogens is 4. The number of hydrogen-bond acceptors (Lipinski definition) is 7. The van der Waals surface area contributed by atoms with Crippen LogP contribution in [-0.4, -0.2) is 68.6 Å². The number of anilines is 1. The Morgan fingerprint density at radius 2 is 1.44 bits per heavy atom. The SMILES string of the molecule is CCCCCCCCCCCCCCCCOCCCN(CC)c1nc2c(ncn2CCOCP(=O)(O)O)c(=O)[nH]1. The van der Waals surface area contributed by atoms with Crippen molar-refractivity contribution in [1.29, 1.82) is 0 Å². The molecule has 2 aromatic heterocycles. The Kier molecular flexibility index (Phi) is 18.1. The highest BCUT2D eigenvalue weighted by Crippen LogP contribution is 2.33. The van der Waals surface area contributed by atoms with E-state index >= 15 is 0 Å². The van der Waals surface area contributed by atoms with Gasteiger partial charge in [-0.2, -0.15) is 4.98 Å². The lowest BCUT2D eigenvalue weighted by Gasteiger charge is -2.21. The Labute approximate surface area is 245 Å². The lowest BCUT2D eigenvalue weighted by Crippen LogP contribution is -2.29. The van der Waals surface area contributed by atoms with E-state index in [9.17, 15) is 9.36 Å². The molecule has 0 unspecified atom stereocenters. The van der Waals surface area contributed by atoms with Gasteiger partial charge in [-0.05, 0) is 19.8 Å². The highest BCUT2D eigenvalue weighted by molar-refractivity contribution is 7.51. The number of imidazole rings is 1. The zero-order valence-corrected chi connectivity index (χ0v) is 26.3. The number of unbranched alkanes of at least 4 members (excludes halogenated alkanes) is 13. The van der Waals surface area contributed by atoms with Crippen molar-refractivity contribution in [1.82, 2.24) is 19.5 Å². The Bertz CT molecular complexity index is 1060. The standard InChI is InChI=1S/C29H54N5O6P/c1-3-5-6-7-8-9-10-11-12-13-14-15-16-17-21-39-22-18-19-33(4-2)29-31-27-26(28(35)32-29)30-24-34(27)20-23-40-25-41(36,37)38/h24H,3-23,25H2,1-2H3,(H,31,32,35)(H2,36,37,38). The van der Waals surface area contributed by atoms with Crippen molar-refractivity contribution in [3.63, 3.8) is 0 Å². The predicted octanol–water partition coefficient (Wildman–Crippen LogP) is 5.99. The van der Waals surface area contributed by atoms with Gasteiger partial charge in [0.05, 0.1) is 12.9 Å². The minimum Gasteiger partial charge on any atom is -0.381 e. The van der Waals surface area contributed by atoms with Crippen LogP contribution in [0.15, 0.2) is 11.1 Å². The van der Waals surface area contributed by atoms with Gasteiger partial charge in [0.2, 0.25) is 5.95 Å². The number of fused-ring (bicyclic) bond motifs is 1. The van der Waals surface area contributed by atoms with Crippen molar-refractivity contribution in [2.24, 2.45) is 0 Å². The van der Waals surface area contributed by atoms with Gasteiger partial charge in [0, 0.05) is 32.8 Å². The van der Waals surface area contributed by atoms with E-state index in [2.05, 4.69) is 21.9 Å². The van der Waals surface area contributed by atoms with Crippen LogP contribution in [0.4, 0.5) is 5.95 Å². The van der Waals surface area contributed by atoms with Crippen LogP contribution < -0.4 is 10.5 Å². The molecular formula is C29H54N5O6P. The highest BCUT2D eigenvalue weighted by Gasteiger charge is 2.15. The fraction of sp³-hybridized carbons (Fsp3) is 0.828. The average molecular weight is 600 g/mol. The summed E-state index contributed by atoms with van der Waals surface area (Å²) in [7, 11) is -4.22. The summed E-state index contributed by atoms with van der Waals surface area (Å²) in [6.45, 7) is 7.43. The van der Waals surface area contributed by atoms with E-state index in [1.807, 2.05) is 11.8 Å². The maximum absolute atomic E-state index is 12.6. The molecule has 0 aliphatic rings. The quantitative estimate of drug-likeness (QED) is 0.0878. The topological polar surface area (TPSA) is 143 Å². The van der Waals surface area contributed by atoms with Crippen molar-refractivity contribution >= 4 is 24.7 Å². The second-order valence-electron chi connectivity index (χ2n) is 10.8. The van der Waals surface area contributed by atoms with Gasteiger partial charge < -0.3 is 28.7 Å². The van der Waals surface area contributed by atoms with Crippen LogP contribution in [0.1, 0.15) is 110 Å². The maximum Gasteiger partial charge on any atom is 0.350 e. The van der Waals surface area contributed by atoms with E-state index in [0.29, 0.717) is 31.3 Å². The van der Waals surface area contributed by atoms with Gasteiger partial charge >= 0.3 is 7.60 Å². The number of hydrogen-bond donors (Lipinski definition) is 3. The first kappa shape index (κ1) is 35.4. The monoisotopic (exact) mass is 599 g/mol. The smallest absolute Gasteiger partial charge is 0.350 e. The zero-order valence-electron chi connectivity index (χ0n) is 25.4.